The average Bonchev–Trinajstić information content (AvgIpc) is 2.95. The molecule has 2 aromatic rings. The third kappa shape index (κ3) is 4.08. The Hall–Kier alpha value is -1.94. The van der Waals surface area contributed by atoms with Crippen molar-refractivity contribution < 1.29 is 14.6 Å². The number of hydrazine groups is 1. The van der Waals surface area contributed by atoms with Gasteiger partial charge in [0.05, 0.1) is 17.8 Å². The fraction of sp³-hybridized carbons (Fsp3) is 0.0769. The van der Waals surface area contributed by atoms with E-state index in [9.17, 15) is 4.79 Å². The van der Waals surface area contributed by atoms with Crippen molar-refractivity contribution in [2.75, 3.05) is 7.11 Å². The van der Waals surface area contributed by atoms with E-state index in [1.807, 2.05) is 11.4 Å². The van der Waals surface area contributed by atoms with Gasteiger partial charge in [-0.15, -0.1) is 11.3 Å². The number of carbonyl (C=O) groups is 1. The summed E-state index contributed by atoms with van der Waals surface area (Å²) in [4.78, 5) is 15.3. The van der Waals surface area contributed by atoms with Crippen molar-refractivity contribution in [2.45, 2.75) is 4.34 Å². The molecule has 23 heavy (non-hydrogen) atoms. The van der Waals surface area contributed by atoms with Crippen molar-refractivity contribution in [3.63, 3.8) is 0 Å². The number of rotatable bonds is 6. The molecule has 10 heteroatoms. The van der Waals surface area contributed by atoms with Crippen LogP contribution in [0.4, 0.5) is 0 Å². The van der Waals surface area contributed by atoms with Gasteiger partial charge in [0.1, 0.15) is 10.8 Å². The van der Waals surface area contributed by atoms with Crippen LogP contribution in [0.5, 0.6) is 5.75 Å². The number of carboxylic acid groups (broad SMARTS) is 1. The van der Waals surface area contributed by atoms with Gasteiger partial charge in [0, 0.05) is 10.9 Å². The summed E-state index contributed by atoms with van der Waals surface area (Å²) < 4.78 is 5.69. The van der Waals surface area contributed by atoms with Gasteiger partial charge in [-0.25, -0.2) is 9.78 Å². The van der Waals surface area contributed by atoms with Crippen LogP contribution in [-0.2, 0) is 4.79 Å². The van der Waals surface area contributed by atoms with E-state index in [4.69, 9.17) is 33.0 Å². The highest BCUT2D eigenvalue weighted by Crippen LogP contribution is 2.34. The monoisotopic (exact) mass is 372 g/mol. The number of nitrogens with zero attached hydrogens (tertiary/aromatic N) is 1. The van der Waals surface area contributed by atoms with Crippen LogP contribution in [0.3, 0.4) is 0 Å². The molecule has 0 atom stereocenters. The predicted molar refractivity (Wildman–Crippen MR) is 91.1 cm³/mol. The Morgan fingerprint density at radius 1 is 1.52 bits per heavy atom. The first-order valence-electron chi connectivity index (χ1n) is 6.13. The lowest BCUT2D eigenvalue weighted by Crippen LogP contribution is -2.29. The molecule has 1 heterocycles. The van der Waals surface area contributed by atoms with E-state index in [0.29, 0.717) is 20.8 Å². The molecule has 2 rings (SSSR count). The molecule has 122 valence electrons. The molecule has 0 bridgehead atoms. The van der Waals surface area contributed by atoms with Gasteiger partial charge in [0.25, 0.3) is 0 Å². The van der Waals surface area contributed by atoms with Gasteiger partial charge in [-0.2, -0.15) is 0 Å². The minimum atomic E-state index is -1.24. The van der Waals surface area contributed by atoms with Gasteiger partial charge in [-0.1, -0.05) is 11.6 Å². The Balaban J connectivity index is 2.24. The van der Waals surface area contributed by atoms with Gasteiger partial charge in [-0.05, 0) is 30.0 Å². The molecule has 6 N–H and O–H groups in total. The summed E-state index contributed by atoms with van der Waals surface area (Å²) in [6.45, 7) is 0. The second-order valence-electron chi connectivity index (χ2n) is 4.14. The predicted octanol–water partition coefficient (Wildman–Crippen LogP) is 2.24. The summed E-state index contributed by atoms with van der Waals surface area (Å²) in [5, 5.41) is 11.3. The van der Waals surface area contributed by atoms with Crippen LogP contribution in [0.25, 0.3) is 11.3 Å². The van der Waals surface area contributed by atoms with Crippen molar-refractivity contribution in [1.82, 2.24) is 10.4 Å². The van der Waals surface area contributed by atoms with Crippen molar-refractivity contribution >= 4 is 40.7 Å². The fourth-order valence-corrected chi connectivity index (χ4v) is 3.64. The zero-order chi connectivity index (χ0) is 17.0. The molecule has 0 aliphatic rings. The topological polar surface area (TPSA) is 123 Å². The second-order valence-corrected chi connectivity index (χ2v) is 6.69. The van der Waals surface area contributed by atoms with Crippen molar-refractivity contribution in [1.29, 1.82) is 0 Å². The molecule has 0 saturated carbocycles. The van der Waals surface area contributed by atoms with Crippen molar-refractivity contribution in [3.05, 3.63) is 39.3 Å². The summed E-state index contributed by atoms with van der Waals surface area (Å²) in [6.07, 6.45) is 0. The Morgan fingerprint density at radius 2 is 2.26 bits per heavy atom. The number of thioether (sulfide) groups is 1. The first kappa shape index (κ1) is 17.4. The Bertz CT molecular complexity index is 763. The number of hydrogen-bond donors (Lipinski definition) is 4. The molecule has 0 radical (unpaired) electrons. The molecule has 0 amide bonds. The summed E-state index contributed by atoms with van der Waals surface area (Å²) >= 11 is 8.44. The fourth-order valence-electron chi connectivity index (χ4n) is 1.65. The molecule has 0 aliphatic carbocycles. The number of halogens is 1. The van der Waals surface area contributed by atoms with E-state index in [1.165, 1.54) is 11.3 Å². The normalized spacial score (nSPS) is 11.8. The Labute approximate surface area is 145 Å². The minimum absolute atomic E-state index is 0.0219. The SMILES string of the molecule is COc1ccc(-c2csc(S/C(N)=C(/NN)C(=O)O)n2)cc1Cl. The lowest BCUT2D eigenvalue weighted by molar-refractivity contribution is -0.133. The van der Waals surface area contributed by atoms with Crippen LogP contribution in [0.1, 0.15) is 0 Å². The highest BCUT2D eigenvalue weighted by Gasteiger charge is 2.14. The molecule has 7 nitrogen and oxygen atoms in total. The Morgan fingerprint density at radius 3 is 2.83 bits per heavy atom. The van der Waals surface area contributed by atoms with Crippen molar-refractivity contribution in [2.24, 2.45) is 11.6 Å². The number of carboxylic acids is 1. The smallest absolute Gasteiger partial charge is 0.356 e. The van der Waals surface area contributed by atoms with E-state index < -0.39 is 5.97 Å². The average molecular weight is 373 g/mol. The number of aliphatic carboxylic acids is 1. The molecule has 1 aromatic heterocycles. The van der Waals surface area contributed by atoms with Gasteiger partial charge in [0.15, 0.2) is 10.0 Å². The van der Waals surface area contributed by atoms with Gasteiger partial charge in [-0.3, -0.25) is 5.84 Å². The molecule has 0 saturated heterocycles. The highest BCUT2D eigenvalue weighted by atomic mass is 35.5. The van der Waals surface area contributed by atoms with Crippen LogP contribution in [0.2, 0.25) is 5.02 Å². The molecular formula is C13H13ClN4O3S2. The minimum Gasteiger partial charge on any atom is -0.495 e. The zero-order valence-corrected chi connectivity index (χ0v) is 14.3. The van der Waals surface area contributed by atoms with Crippen LogP contribution in [-0.4, -0.2) is 23.2 Å². The third-order valence-corrected chi connectivity index (χ3v) is 4.89. The lowest BCUT2D eigenvalue weighted by atomic mass is 10.2. The number of ether oxygens (including phenoxy) is 1. The molecule has 0 aliphatic heterocycles. The van der Waals surface area contributed by atoms with Crippen molar-refractivity contribution in [3.8, 4) is 17.0 Å². The second kappa shape index (κ2) is 7.55. The van der Waals surface area contributed by atoms with Crippen LogP contribution in [0.15, 0.2) is 38.6 Å². The number of methoxy groups -OCH3 is 1. The van der Waals surface area contributed by atoms with Crippen LogP contribution in [0, 0.1) is 0 Å². The maximum Gasteiger partial charge on any atom is 0.356 e. The number of aromatic nitrogens is 1. The summed E-state index contributed by atoms with van der Waals surface area (Å²) in [5.41, 5.74) is 9.02. The lowest BCUT2D eigenvalue weighted by Gasteiger charge is -2.05. The van der Waals surface area contributed by atoms with Gasteiger partial charge < -0.3 is 21.0 Å². The summed E-state index contributed by atoms with van der Waals surface area (Å²) in [7, 11) is 1.54. The summed E-state index contributed by atoms with van der Waals surface area (Å²) in [5.74, 6) is 4.48. The third-order valence-electron chi connectivity index (χ3n) is 2.73. The maximum absolute atomic E-state index is 10.9. The van der Waals surface area contributed by atoms with E-state index in [0.717, 1.165) is 17.3 Å². The van der Waals surface area contributed by atoms with Gasteiger partial charge in [0.2, 0.25) is 0 Å². The molecule has 0 unspecified atom stereocenters. The molecular weight excluding hydrogens is 360 g/mol. The number of hydrogen-bond acceptors (Lipinski definition) is 8. The molecule has 0 spiro atoms. The highest BCUT2D eigenvalue weighted by molar-refractivity contribution is 8.04. The number of thiazole rings is 1. The van der Waals surface area contributed by atoms with Crippen LogP contribution < -0.4 is 21.7 Å². The van der Waals surface area contributed by atoms with E-state index in [2.05, 4.69) is 10.4 Å². The zero-order valence-electron chi connectivity index (χ0n) is 11.9. The van der Waals surface area contributed by atoms with Crippen LogP contribution >= 0.6 is 34.7 Å². The van der Waals surface area contributed by atoms with E-state index in [-0.39, 0.29) is 10.7 Å². The van der Waals surface area contributed by atoms with E-state index in [1.54, 1.807) is 19.2 Å². The largest absolute Gasteiger partial charge is 0.495 e. The number of benzene rings is 1. The van der Waals surface area contributed by atoms with E-state index >= 15 is 0 Å². The molecule has 1 aromatic carbocycles. The summed E-state index contributed by atoms with van der Waals surface area (Å²) in [6, 6.07) is 5.32. The number of nitrogens with one attached hydrogen (secondary N) is 1. The maximum atomic E-state index is 10.9. The van der Waals surface area contributed by atoms with Gasteiger partial charge >= 0.3 is 5.97 Å². The number of nitrogens with two attached hydrogens (primary N) is 2. The molecule has 0 fully saturated rings. The first-order valence-corrected chi connectivity index (χ1v) is 8.20. The standard InChI is InChI=1S/C13H13ClN4O3S2/c1-21-9-3-2-6(4-7(9)14)8-5-22-13(17-8)23-11(15)10(18-16)12(19)20/h2-5,18H,15-16H2,1H3,(H,19,20)/b11-10+. The Kier molecular flexibility index (Phi) is 5.72. The quantitative estimate of drug-likeness (QED) is 0.263. The first-order chi connectivity index (χ1) is 11.0.